The van der Waals surface area contributed by atoms with Crippen LogP contribution in [0.25, 0.3) is 11.3 Å². The van der Waals surface area contributed by atoms with Crippen LogP contribution in [-0.4, -0.2) is 34.8 Å². The third-order valence-corrected chi connectivity index (χ3v) is 4.85. The van der Waals surface area contributed by atoms with Gasteiger partial charge in [-0.3, -0.25) is 10.00 Å². The highest BCUT2D eigenvalue weighted by Gasteiger charge is 2.23. The Balaban J connectivity index is 1.93. The molecule has 4 nitrogen and oxygen atoms in total. The maximum absolute atomic E-state index is 6.42. The topological polar surface area (TPSA) is 41.2 Å². The second-order valence-electron chi connectivity index (χ2n) is 6.62. The average molecular weight is 368 g/mol. The van der Waals surface area contributed by atoms with E-state index in [1.165, 1.54) is 11.3 Å². The van der Waals surface area contributed by atoms with Gasteiger partial charge in [0.25, 0.3) is 0 Å². The van der Waals surface area contributed by atoms with Gasteiger partial charge in [0.15, 0.2) is 5.75 Å². The van der Waals surface area contributed by atoms with Crippen molar-refractivity contribution in [2.24, 2.45) is 5.92 Å². The Morgan fingerprint density at radius 1 is 1.29 bits per heavy atom. The third kappa shape index (κ3) is 3.56. The van der Waals surface area contributed by atoms with E-state index in [0.717, 1.165) is 37.3 Å². The van der Waals surface area contributed by atoms with Gasteiger partial charge in [0.05, 0.1) is 22.3 Å². The van der Waals surface area contributed by atoms with Crippen molar-refractivity contribution in [2.45, 2.75) is 33.7 Å². The summed E-state index contributed by atoms with van der Waals surface area (Å²) in [5.74, 6) is 0.963. The number of likely N-dealkylation sites (N-methyl/N-ethyl adjacent to an activating group) is 1. The van der Waals surface area contributed by atoms with Crippen molar-refractivity contribution in [1.29, 1.82) is 0 Å². The fourth-order valence-electron chi connectivity index (χ4n) is 2.94. The molecule has 1 aliphatic rings. The molecule has 1 aromatic heterocycles. The quantitative estimate of drug-likeness (QED) is 0.825. The van der Waals surface area contributed by atoms with Crippen molar-refractivity contribution < 1.29 is 4.74 Å². The summed E-state index contributed by atoms with van der Waals surface area (Å²) in [4.78, 5) is 2.41. The zero-order valence-electron chi connectivity index (χ0n) is 14.3. The predicted octanol–water partition coefficient (Wildman–Crippen LogP) is 4.80. The van der Waals surface area contributed by atoms with Crippen molar-refractivity contribution in [2.75, 3.05) is 19.7 Å². The Kier molecular flexibility index (Phi) is 5.38. The van der Waals surface area contributed by atoms with E-state index in [4.69, 9.17) is 27.9 Å². The number of benzene rings is 1. The maximum atomic E-state index is 6.42. The maximum Gasteiger partial charge on any atom is 0.156 e. The van der Waals surface area contributed by atoms with Crippen LogP contribution < -0.4 is 4.74 Å². The van der Waals surface area contributed by atoms with Gasteiger partial charge in [-0.15, -0.1) is 0 Å². The van der Waals surface area contributed by atoms with Gasteiger partial charge in [0.1, 0.15) is 0 Å². The van der Waals surface area contributed by atoms with E-state index < -0.39 is 0 Å². The third-order valence-electron chi connectivity index (χ3n) is 4.29. The van der Waals surface area contributed by atoms with E-state index in [2.05, 4.69) is 35.9 Å². The molecule has 0 aliphatic carbocycles. The number of rotatable bonds is 5. The first-order chi connectivity index (χ1) is 11.5. The lowest BCUT2D eigenvalue weighted by molar-refractivity contribution is 0.267. The Morgan fingerprint density at radius 2 is 2.00 bits per heavy atom. The Hall–Kier alpha value is -1.23. The molecule has 0 unspecified atom stereocenters. The summed E-state index contributed by atoms with van der Waals surface area (Å²) >= 11 is 12.8. The van der Waals surface area contributed by atoms with E-state index in [0.29, 0.717) is 28.3 Å². The molecule has 0 atom stereocenters. The van der Waals surface area contributed by atoms with Gasteiger partial charge in [0, 0.05) is 36.3 Å². The Morgan fingerprint density at radius 3 is 2.62 bits per heavy atom. The molecule has 2 heterocycles. The highest BCUT2D eigenvalue weighted by atomic mass is 35.5. The zero-order chi connectivity index (χ0) is 17.3. The summed E-state index contributed by atoms with van der Waals surface area (Å²) < 4.78 is 5.75. The van der Waals surface area contributed by atoms with Crippen LogP contribution in [-0.2, 0) is 13.0 Å². The normalized spacial score (nSPS) is 14.9. The van der Waals surface area contributed by atoms with Crippen LogP contribution in [0.3, 0.4) is 0 Å². The minimum absolute atomic E-state index is 0.412. The van der Waals surface area contributed by atoms with Crippen LogP contribution in [0.2, 0.25) is 10.0 Å². The number of aromatic amines is 1. The molecule has 6 heteroatoms. The molecule has 1 aliphatic heterocycles. The van der Waals surface area contributed by atoms with Crippen LogP contribution in [0.5, 0.6) is 5.75 Å². The molecule has 0 spiro atoms. The second-order valence-corrected chi connectivity index (χ2v) is 7.44. The second kappa shape index (κ2) is 7.34. The number of halogens is 2. The van der Waals surface area contributed by atoms with Crippen molar-refractivity contribution >= 4 is 23.2 Å². The van der Waals surface area contributed by atoms with Crippen LogP contribution >= 0.6 is 23.2 Å². The molecule has 0 saturated carbocycles. The van der Waals surface area contributed by atoms with Crippen LogP contribution in [0.4, 0.5) is 0 Å². The Bertz CT molecular complexity index is 704. The van der Waals surface area contributed by atoms with Gasteiger partial charge < -0.3 is 4.74 Å². The molecule has 24 heavy (non-hydrogen) atoms. The lowest BCUT2D eigenvalue weighted by Gasteiger charge is -2.25. The van der Waals surface area contributed by atoms with Crippen LogP contribution in [0.15, 0.2) is 12.1 Å². The van der Waals surface area contributed by atoms with E-state index in [1.54, 1.807) is 0 Å². The fraction of sp³-hybridized carbons (Fsp3) is 0.500. The number of hydrogen-bond acceptors (Lipinski definition) is 3. The summed E-state index contributed by atoms with van der Waals surface area (Å²) in [5, 5.41) is 8.73. The van der Waals surface area contributed by atoms with Crippen LogP contribution in [0.1, 0.15) is 32.0 Å². The number of nitrogens with one attached hydrogen (secondary N) is 1. The van der Waals surface area contributed by atoms with Gasteiger partial charge in [-0.1, -0.05) is 44.0 Å². The summed E-state index contributed by atoms with van der Waals surface area (Å²) in [5.41, 5.74) is 4.31. The van der Waals surface area contributed by atoms with Gasteiger partial charge in [-0.25, -0.2) is 0 Å². The van der Waals surface area contributed by atoms with Gasteiger partial charge in [-0.2, -0.15) is 5.10 Å². The molecular formula is C18H23Cl2N3O. The summed E-state index contributed by atoms with van der Waals surface area (Å²) in [6.07, 6.45) is 0.993. The minimum Gasteiger partial charge on any atom is -0.490 e. The largest absolute Gasteiger partial charge is 0.490 e. The van der Waals surface area contributed by atoms with Crippen molar-refractivity contribution in [3.63, 3.8) is 0 Å². The minimum atomic E-state index is 0.412. The summed E-state index contributed by atoms with van der Waals surface area (Å²) in [7, 11) is 0. The number of hydrogen-bond donors (Lipinski definition) is 1. The molecule has 1 aromatic carbocycles. The standard InChI is InChI=1S/C18H23Cl2N3O/c1-4-23-6-5-16-13(9-23)17(22-21-16)12-7-14(19)18(15(20)8-12)24-10-11(2)3/h7-8,11H,4-6,9-10H2,1-3H3,(H,21,22). The van der Waals surface area contributed by atoms with Crippen molar-refractivity contribution in [3.05, 3.63) is 33.4 Å². The molecule has 3 rings (SSSR count). The number of ether oxygens (including phenoxy) is 1. The highest BCUT2D eigenvalue weighted by Crippen LogP contribution is 2.39. The zero-order valence-corrected chi connectivity index (χ0v) is 15.8. The Labute approximate surface area is 153 Å². The molecule has 0 radical (unpaired) electrons. The lowest BCUT2D eigenvalue weighted by atomic mass is 10.0. The lowest BCUT2D eigenvalue weighted by Crippen LogP contribution is -2.30. The highest BCUT2D eigenvalue weighted by molar-refractivity contribution is 6.37. The molecule has 1 N–H and O–H groups in total. The van der Waals surface area contributed by atoms with Gasteiger partial charge >= 0.3 is 0 Å². The van der Waals surface area contributed by atoms with Gasteiger partial charge in [-0.05, 0) is 24.6 Å². The first kappa shape index (κ1) is 17.6. The number of aromatic nitrogens is 2. The van der Waals surface area contributed by atoms with Crippen LogP contribution in [0, 0.1) is 5.92 Å². The molecule has 130 valence electrons. The molecular weight excluding hydrogens is 345 g/mol. The van der Waals surface area contributed by atoms with Crippen molar-refractivity contribution in [3.8, 4) is 17.0 Å². The van der Waals surface area contributed by atoms with E-state index in [1.807, 2.05) is 12.1 Å². The fourth-order valence-corrected chi connectivity index (χ4v) is 3.54. The van der Waals surface area contributed by atoms with E-state index in [9.17, 15) is 0 Å². The number of nitrogens with zero attached hydrogens (tertiary/aromatic N) is 2. The molecule has 0 saturated heterocycles. The summed E-state index contributed by atoms with van der Waals surface area (Å²) in [6.45, 7) is 9.94. The molecule has 0 fully saturated rings. The van der Waals surface area contributed by atoms with Gasteiger partial charge in [0.2, 0.25) is 0 Å². The molecule has 2 aromatic rings. The summed E-state index contributed by atoms with van der Waals surface area (Å²) in [6, 6.07) is 3.79. The van der Waals surface area contributed by atoms with E-state index in [-0.39, 0.29) is 0 Å². The monoisotopic (exact) mass is 367 g/mol. The van der Waals surface area contributed by atoms with E-state index >= 15 is 0 Å². The van der Waals surface area contributed by atoms with Crippen molar-refractivity contribution in [1.82, 2.24) is 15.1 Å². The first-order valence-electron chi connectivity index (χ1n) is 8.40. The first-order valence-corrected chi connectivity index (χ1v) is 9.15. The molecule has 0 bridgehead atoms. The number of H-pyrrole nitrogens is 1. The number of fused-ring (bicyclic) bond motifs is 1. The predicted molar refractivity (Wildman–Crippen MR) is 99.0 cm³/mol. The molecule has 0 amide bonds. The average Bonchev–Trinajstić information content (AvgIpc) is 2.96. The SMILES string of the molecule is CCN1CCc2[nH]nc(-c3cc(Cl)c(OCC(C)C)c(Cl)c3)c2C1. The smallest absolute Gasteiger partial charge is 0.156 e.